The first kappa shape index (κ1) is 39.5. The molecule has 256 valence electrons. The Morgan fingerprint density at radius 2 is 1.24 bits per heavy atom. The van der Waals surface area contributed by atoms with Crippen molar-refractivity contribution in [3.8, 4) is 0 Å². The standard InChI is InChI=1S/C20H24N4O.3C2HF3O2/c25-19-6-7-20(24(19)15-17-4-3-10-21-14-17)8-12-23(13-9-20)16-18-5-1-2-11-22-18;3*3-2(4,5)1(6)7/h1-5,10-11,14H,6-9,12-13,15-16H2;3*(H,6,7). The second-order valence-corrected chi connectivity index (χ2v) is 9.57. The second kappa shape index (κ2) is 16.7. The highest BCUT2D eigenvalue weighted by Gasteiger charge is 2.46. The minimum Gasteiger partial charge on any atom is -0.475 e. The van der Waals surface area contributed by atoms with Crippen LogP contribution in [0, 0.1) is 0 Å². The fourth-order valence-electron chi connectivity index (χ4n) is 4.17. The van der Waals surface area contributed by atoms with Crippen LogP contribution in [-0.2, 0) is 32.3 Å². The number of halogens is 9. The van der Waals surface area contributed by atoms with Crippen molar-refractivity contribution in [2.45, 2.75) is 62.8 Å². The van der Waals surface area contributed by atoms with E-state index in [9.17, 15) is 44.3 Å². The van der Waals surface area contributed by atoms with E-state index in [2.05, 4.69) is 31.9 Å². The fraction of sp³-hybridized carbons (Fsp3) is 0.462. The van der Waals surface area contributed by atoms with Crippen molar-refractivity contribution < 1.29 is 74.0 Å². The molecule has 0 aromatic carbocycles. The van der Waals surface area contributed by atoms with E-state index in [4.69, 9.17) is 29.7 Å². The highest BCUT2D eigenvalue weighted by molar-refractivity contribution is 5.79. The van der Waals surface area contributed by atoms with Gasteiger partial charge in [0.25, 0.3) is 0 Å². The van der Waals surface area contributed by atoms with Gasteiger partial charge in [-0.2, -0.15) is 39.5 Å². The summed E-state index contributed by atoms with van der Waals surface area (Å²) < 4.78 is 95.2. The van der Waals surface area contributed by atoms with E-state index in [-0.39, 0.29) is 5.54 Å². The maximum absolute atomic E-state index is 12.5. The minimum absolute atomic E-state index is 0.0353. The highest BCUT2D eigenvalue weighted by atomic mass is 19.4. The maximum Gasteiger partial charge on any atom is 0.490 e. The second-order valence-electron chi connectivity index (χ2n) is 9.57. The molecule has 0 saturated carbocycles. The molecule has 2 fully saturated rings. The zero-order valence-electron chi connectivity index (χ0n) is 23.4. The van der Waals surface area contributed by atoms with Crippen LogP contribution in [0.1, 0.15) is 36.9 Å². The Balaban J connectivity index is 0.000000413. The van der Waals surface area contributed by atoms with Crippen molar-refractivity contribution in [3.05, 3.63) is 60.2 Å². The summed E-state index contributed by atoms with van der Waals surface area (Å²) >= 11 is 0. The van der Waals surface area contributed by atoms with Crippen molar-refractivity contribution in [3.63, 3.8) is 0 Å². The summed E-state index contributed by atoms with van der Waals surface area (Å²) in [5, 5.41) is 21.4. The number of aromatic nitrogens is 2. The summed E-state index contributed by atoms with van der Waals surface area (Å²) in [6.45, 7) is 3.63. The number of piperidine rings is 1. The minimum atomic E-state index is -5.08. The number of alkyl halides is 9. The number of rotatable bonds is 4. The van der Waals surface area contributed by atoms with Gasteiger partial charge >= 0.3 is 36.4 Å². The molecule has 0 atom stereocenters. The Bertz CT molecular complexity index is 1230. The van der Waals surface area contributed by atoms with Gasteiger partial charge in [0.2, 0.25) is 5.91 Å². The molecule has 0 unspecified atom stereocenters. The smallest absolute Gasteiger partial charge is 0.475 e. The lowest BCUT2D eigenvalue weighted by molar-refractivity contribution is -0.193. The van der Waals surface area contributed by atoms with E-state index < -0.39 is 36.4 Å². The summed E-state index contributed by atoms with van der Waals surface area (Å²) in [6.07, 6.45) is -5.98. The van der Waals surface area contributed by atoms with Crippen LogP contribution in [0.4, 0.5) is 39.5 Å². The summed E-state index contributed by atoms with van der Waals surface area (Å²) in [6, 6.07) is 10.1. The van der Waals surface area contributed by atoms with E-state index in [0.717, 1.165) is 50.2 Å². The van der Waals surface area contributed by atoms with Gasteiger partial charge in [0.15, 0.2) is 0 Å². The predicted octanol–water partition coefficient (Wildman–Crippen LogP) is 4.53. The monoisotopic (exact) mass is 678 g/mol. The van der Waals surface area contributed by atoms with Crippen LogP contribution in [0.2, 0.25) is 0 Å². The first-order valence-electron chi connectivity index (χ1n) is 12.8. The van der Waals surface area contributed by atoms with Gasteiger partial charge in [-0.1, -0.05) is 12.1 Å². The Morgan fingerprint density at radius 1 is 0.739 bits per heavy atom. The zero-order chi connectivity index (χ0) is 35.3. The molecule has 20 heteroatoms. The van der Waals surface area contributed by atoms with Gasteiger partial charge in [0, 0.05) is 56.7 Å². The van der Waals surface area contributed by atoms with Crippen molar-refractivity contribution >= 4 is 23.8 Å². The summed E-state index contributed by atoms with van der Waals surface area (Å²) in [5.41, 5.74) is 2.27. The molecule has 0 aliphatic carbocycles. The van der Waals surface area contributed by atoms with Crippen LogP contribution in [-0.4, -0.2) is 96.1 Å². The van der Waals surface area contributed by atoms with E-state index in [0.29, 0.717) is 18.9 Å². The lowest BCUT2D eigenvalue weighted by atomic mass is 9.84. The summed E-state index contributed by atoms with van der Waals surface area (Å²) in [5.74, 6) is -7.98. The van der Waals surface area contributed by atoms with Crippen molar-refractivity contribution in [1.29, 1.82) is 0 Å². The molecule has 2 aliphatic heterocycles. The van der Waals surface area contributed by atoms with Gasteiger partial charge in [-0.15, -0.1) is 0 Å². The summed E-state index contributed by atoms with van der Waals surface area (Å²) in [7, 11) is 0. The molecular formula is C26H27F9N4O7. The number of aliphatic carboxylic acids is 3. The molecule has 46 heavy (non-hydrogen) atoms. The number of hydrogen-bond acceptors (Lipinski definition) is 7. The molecule has 4 heterocycles. The number of carbonyl (C=O) groups excluding carboxylic acids is 1. The molecule has 1 spiro atoms. The fourth-order valence-corrected chi connectivity index (χ4v) is 4.17. The number of pyridine rings is 2. The lowest BCUT2D eigenvalue weighted by Gasteiger charge is -2.45. The number of carboxylic acid groups (broad SMARTS) is 3. The number of hydrogen-bond donors (Lipinski definition) is 3. The lowest BCUT2D eigenvalue weighted by Crippen LogP contribution is -2.52. The van der Waals surface area contributed by atoms with Crippen LogP contribution in [0.15, 0.2) is 48.9 Å². The normalized spacial score (nSPS) is 16.2. The number of amides is 1. The SMILES string of the molecule is O=C(O)C(F)(F)F.O=C(O)C(F)(F)F.O=C(O)C(F)(F)F.O=C1CCC2(CCN(Cc3ccccn3)CC2)N1Cc1cccnc1. The maximum atomic E-state index is 12.5. The number of nitrogens with zero attached hydrogens (tertiary/aromatic N) is 4. The molecule has 11 nitrogen and oxygen atoms in total. The average molecular weight is 679 g/mol. The summed E-state index contributed by atoms with van der Waals surface area (Å²) in [4.78, 5) is 52.4. The molecule has 3 N–H and O–H groups in total. The average Bonchev–Trinajstić information content (AvgIpc) is 3.25. The molecule has 2 aliphatic rings. The van der Waals surface area contributed by atoms with Crippen molar-refractivity contribution in [2.75, 3.05) is 13.1 Å². The van der Waals surface area contributed by atoms with Gasteiger partial charge in [0.05, 0.1) is 5.69 Å². The molecular weight excluding hydrogens is 651 g/mol. The largest absolute Gasteiger partial charge is 0.490 e. The molecule has 0 bridgehead atoms. The van der Waals surface area contributed by atoms with Gasteiger partial charge in [-0.25, -0.2) is 14.4 Å². The van der Waals surface area contributed by atoms with E-state index in [1.807, 2.05) is 30.6 Å². The topological polar surface area (TPSA) is 161 Å². The van der Waals surface area contributed by atoms with E-state index >= 15 is 0 Å². The van der Waals surface area contributed by atoms with Gasteiger partial charge in [0.1, 0.15) is 0 Å². The van der Waals surface area contributed by atoms with Gasteiger partial charge in [-0.3, -0.25) is 19.7 Å². The molecule has 2 aromatic heterocycles. The third-order valence-corrected chi connectivity index (χ3v) is 6.37. The van der Waals surface area contributed by atoms with E-state index in [1.165, 1.54) is 0 Å². The Morgan fingerprint density at radius 3 is 1.63 bits per heavy atom. The number of carboxylic acids is 3. The Hall–Kier alpha value is -4.49. The Labute approximate surface area is 254 Å². The van der Waals surface area contributed by atoms with Crippen LogP contribution in [0.3, 0.4) is 0 Å². The Kier molecular flexibility index (Phi) is 14.4. The quantitative estimate of drug-likeness (QED) is 0.392. The predicted molar refractivity (Wildman–Crippen MR) is 137 cm³/mol. The van der Waals surface area contributed by atoms with Crippen molar-refractivity contribution in [1.82, 2.24) is 19.8 Å². The highest BCUT2D eigenvalue weighted by Crippen LogP contribution is 2.40. The van der Waals surface area contributed by atoms with Gasteiger partial charge < -0.3 is 20.2 Å². The van der Waals surface area contributed by atoms with E-state index in [1.54, 1.807) is 6.20 Å². The number of carbonyl (C=O) groups is 4. The first-order valence-corrected chi connectivity index (χ1v) is 12.8. The van der Waals surface area contributed by atoms with Crippen LogP contribution < -0.4 is 0 Å². The van der Waals surface area contributed by atoms with Crippen molar-refractivity contribution in [2.24, 2.45) is 0 Å². The van der Waals surface area contributed by atoms with Crippen LogP contribution >= 0.6 is 0 Å². The molecule has 1 amide bonds. The molecule has 0 radical (unpaired) electrons. The number of likely N-dealkylation sites (tertiary alicyclic amines) is 2. The van der Waals surface area contributed by atoms with Crippen LogP contribution in [0.5, 0.6) is 0 Å². The first-order chi connectivity index (χ1) is 21.1. The third-order valence-electron chi connectivity index (χ3n) is 6.37. The molecule has 4 rings (SSSR count). The molecule has 2 aromatic rings. The molecule has 2 saturated heterocycles. The van der Waals surface area contributed by atoms with Crippen LogP contribution in [0.25, 0.3) is 0 Å². The third kappa shape index (κ3) is 13.7. The van der Waals surface area contributed by atoms with Gasteiger partial charge in [-0.05, 0) is 43.0 Å². The zero-order valence-corrected chi connectivity index (χ0v) is 23.4.